The van der Waals surface area contributed by atoms with Crippen LogP contribution in [0.5, 0.6) is 0 Å². The summed E-state index contributed by atoms with van der Waals surface area (Å²) in [6, 6.07) is 22.3. The molecular formula is C21H16N2O. The third kappa shape index (κ3) is 2.66. The Hall–Kier alpha value is -3.04. The maximum atomic E-state index is 9.25. The van der Waals surface area contributed by atoms with Gasteiger partial charge in [-0.2, -0.15) is 0 Å². The maximum Gasteiger partial charge on any atom is 0.0893 e. The third-order valence-corrected chi connectivity index (χ3v) is 4.11. The van der Waals surface area contributed by atoms with Crippen LogP contribution in [0.3, 0.4) is 0 Å². The Balaban J connectivity index is 1.97. The number of fused-ring (bicyclic) bond motifs is 1. The normalized spacial score (nSPS) is 10.9. The molecule has 0 radical (unpaired) electrons. The van der Waals surface area contributed by atoms with E-state index in [0.29, 0.717) is 0 Å². The van der Waals surface area contributed by atoms with Gasteiger partial charge in [0, 0.05) is 22.7 Å². The topological polar surface area (TPSA) is 46.0 Å². The van der Waals surface area contributed by atoms with Crippen molar-refractivity contribution >= 4 is 10.9 Å². The lowest BCUT2D eigenvalue weighted by atomic mass is 9.97. The van der Waals surface area contributed by atoms with Crippen molar-refractivity contribution in [1.82, 2.24) is 9.97 Å². The number of hydrogen-bond donors (Lipinski definition) is 1. The van der Waals surface area contributed by atoms with E-state index in [4.69, 9.17) is 4.98 Å². The van der Waals surface area contributed by atoms with E-state index in [2.05, 4.69) is 23.2 Å². The molecule has 0 aliphatic rings. The number of nitrogens with zero attached hydrogens (tertiary/aromatic N) is 2. The smallest absolute Gasteiger partial charge is 0.0893 e. The van der Waals surface area contributed by atoms with E-state index < -0.39 is 0 Å². The predicted molar refractivity (Wildman–Crippen MR) is 96.3 cm³/mol. The van der Waals surface area contributed by atoms with Crippen molar-refractivity contribution in [2.24, 2.45) is 0 Å². The highest BCUT2D eigenvalue weighted by Crippen LogP contribution is 2.33. The highest BCUT2D eigenvalue weighted by atomic mass is 16.3. The molecule has 0 bridgehead atoms. The molecule has 0 aliphatic carbocycles. The largest absolute Gasteiger partial charge is 0.392 e. The molecular weight excluding hydrogens is 296 g/mol. The minimum Gasteiger partial charge on any atom is -0.392 e. The van der Waals surface area contributed by atoms with Gasteiger partial charge in [-0.3, -0.25) is 4.98 Å². The van der Waals surface area contributed by atoms with E-state index in [-0.39, 0.29) is 6.61 Å². The van der Waals surface area contributed by atoms with Gasteiger partial charge in [-0.1, -0.05) is 54.6 Å². The van der Waals surface area contributed by atoms with Crippen molar-refractivity contribution in [3.63, 3.8) is 0 Å². The van der Waals surface area contributed by atoms with Crippen molar-refractivity contribution in [3.05, 3.63) is 84.7 Å². The van der Waals surface area contributed by atoms with Crippen LogP contribution in [0.25, 0.3) is 33.3 Å². The Kier molecular flexibility index (Phi) is 3.77. The van der Waals surface area contributed by atoms with Crippen molar-refractivity contribution in [1.29, 1.82) is 0 Å². The number of rotatable bonds is 3. The number of benzene rings is 2. The van der Waals surface area contributed by atoms with Gasteiger partial charge in [0.25, 0.3) is 0 Å². The molecule has 0 amide bonds. The molecule has 0 atom stereocenters. The molecule has 0 fully saturated rings. The van der Waals surface area contributed by atoms with Crippen LogP contribution in [-0.4, -0.2) is 15.1 Å². The van der Waals surface area contributed by atoms with E-state index in [9.17, 15) is 5.11 Å². The summed E-state index contributed by atoms with van der Waals surface area (Å²) in [6.45, 7) is 0.0426. The van der Waals surface area contributed by atoms with Crippen LogP contribution in [0.1, 0.15) is 5.56 Å². The van der Waals surface area contributed by atoms with Crippen LogP contribution in [0.2, 0.25) is 0 Å². The Morgan fingerprint density at radius 1 is 0.833 bits per heavy atom. The van der Waals surface area contributed by atoms with Gasteiger partial charge in [0.1, 0.15) is 0 Å². The van der Waals surface area contributed by atoms with Gasteiger partial charge in [-0.05, 0) is 23.3 Å². The molecule has 0 saturated carbocycles. The second-order valence-electron chi connectivity index (χ2n) is 5.67. The van der Waals surface area contributed by atoms with E-state index in [1.54, 1.807) is 12.4 Å². The van der Waals surface area contributed by atoms with Gasteiger partial charge in [-0.15, -0.1) is 0 Å². The van der Waals surface area contributed by atoms with E-state index in [1.165, 1.54) is 0 Å². The molecule has 0 unspecified atom stereocenters. The van der Waals surface area contributed by atoms with Gasteiger partial charge in [0.05, 0.1) is 24.0 Å². The number of aromatic nitrogens is 2. The van der Waals surface area contributed by atoms with Crippen LogP contribution in [0, 0.1) is 0 Å². The summed E-state index contributed by atoms with van der Waals surface area (Å²) in [4.78, 5) is 9.03. The number of aliphatic hydroxyl groups excluding tert-OH is 1. The summed E-state index contributed by atoms with van der Waals surface area (Å²) in [5.74, 6) is 0. The van der Waals surface area contributed by atoms with Gasteiger partial charge in [0.2, 0.25) is 0 Å². The zero-order valence-electron chi connectivity index (χ0n) is 13.1. The lowest BCUT2D eigenvalue weighted by molar-refractivity contribution is 0.282. The Bertz CT molecular complexity index is 980. The highest BCUT2D eigenvalue weighted by molar-refractivity contribution is 5.91. The van der Waals surface area contributed by atoms with E-state index in [1.807, 2.05) is 48.5 Å². The minimum atomic E-state index is 0.0426. The first-order valence-electron chi connectivity index (χ1n) is 7.85. The summed E-state index contributed by atoms with van der Waals surface area (Å²) >= 11 is 0. The van der Waals surface area contributed by atoms with Crippen molar-refractivity contribution in [2.75, 3.05) is 0 Å². The molecule has 3 nitrogen and oxygen atoms in total. The molecule has 3 heteroatoms. The fourth-order valence-electron chi connectivity index (χ4n) is 2.84. The lowest BCUT2D eigenvalue weighted by Gasteiger charge is -2.11. The molecule has 1 N–H and O–H groups in total. The molecule has 2 heterocycles. The summed E-state index contributed by atoms with van der Waals surface area (Å²) in [5.41, 5.74) is 5.93. The zero-order valence-corrected chi connectivity index (χ0v) is 13.1. The van der Waals surface area contributed by atoms with Gasteiger partial charge in [-0.25, -0.2) is 4.98 Å². The minimum absolute atomic E-state index is 0.0426. The summed E-state index contributed by atoms with van der Waals surface area (Å²) in [6.07, 6.45) is 3.57. The van der Waals surface area contributed by atoms with Crippen LogP contribution < -0.4 is 0 Å². The summed E-state index contributed by atoms with van der Waals surface area (Å²) in [7, 11) is 0. The standard InChI is InChI=1S/C21H16N2O/c24-14-15-6-8-17(9-7-15)21-19(16-4-2-1-3-5-16)12-18-10-11-22-13-20(18)23-21/h1-13,24H,14H2. The van der Waals surface area contributed by atoms with Gasteiger partial charge in [0.15, 0.2) is 0 Å². The molecule has 2 aromatic heterocycles. The first-order chi connectivity index (χ1) is 11.8. The molecule has 4 aromatic rings. The number of hydrogen-bond acceptors (Lipinski definition) is 3. The molecule has 2 aromatic carbocycles. The zero-order chi connectivity index (χ0) is 16.4. The average molecular weight is 312 g/mol. The van der Waals surface area contributed by atoms with Gasteiger partial charge >= 0.3 is 0 Å². The van der Waals surface area contributed by atoms with Crippen LogP contribution in [-0.2, 0) is 6.61 Å². The SMILES string of the molecule is OCc1ccc(-c2nc3cnccc3cc2-c2ccccc2)cc1. The first kappa shape index (κ1) is 14.5. The molecule has 116 valence electrons. The number of pyridine rings is 2. The third-order valence-electron chi connectivity index (χ3n) is 4.11. The molecule has 24 heavy (non-hydrogen) atoms. The Labute approximate surface area is 140 Å². The summed E-state index contributed by atoms with van der Waals surface area (Å²) in [5, 5.41) is 10.3. The monoisotopic (exact) mass is 312 g/mol. The first-order valence-corrected chi connectivity index (χ1v) is 7.85. The van der Waals surface area contributed by atoms with Crippen molar-refractivity contribution in [3.8, 4) is 22.4 Å². The van der Waals surface area contributed by atoms with E-state index >= 15 is 0 Å². The lowest BCUT2D eigenvalue weighted by Crippen LogP contribution is -1.92. The van der Waals surface area contributed by atoms with Crippen LogP contribution in [0.15, 0.2) is 79.1 Å². The quantitative estimate of drug-likeness (QED) is 0.607. The molecule has 0 saturated heterocycles. The Morgan fingerprint density at radius 2 is 1.62 bits per heavy atom. The Morgan fingerprint density at radius 3 is 2.38 bits per heavy atom. The average Bonchev–Trinajstić information content (AvgIpc) is 2.68. The predicted octanol–water partition coefficient (Wildman–Crippen LogP) is 4.46. The fourth-order valence-corrected chi connectivity index (χ4v) is 2.84. The number of aliphatic hydroxyl groups is 1. The van der Waals surface area contributed by atoms with E-state index in [0.717, 1.165) is 38.9 Å². The second kappa shape index (κ2) is 6.22. The highest BCUT2D eigenvalue weighted by Gasteiger charge is 2.11. The van der Waals surface area contributed by atoms with Crippen LogP contribution in [0.4, 0.5) is 0 Å². The fraction of sp³-hybridized carbons (Fsp3) is 0.0476. The van der Waals surface area contributed by atoms with Crippen LogP contribution >= 0.6 is 0 Å². The molecule has 0 spiro atoms. The van der Waals surface area contributed by atoms with Crippen molar-refractivity contribution in [2.45, 2.75) is 6.61 Å². The molecule has 0 aliphatic heterocycles. The second-order valence-corrected chi connectivity index (χ2v) is 5.67. The molecule has 4 rings (SSSR count). The van der Waals surface area contributed by atoms with Gasteiger partial charge < -0.3 is 5.11 Å². The summed E-state index contributed by atoms with van der Waals surface area (Å²) < 4.78 is 0. The van der Waals surface area contributed by atoms with Crippen molar-refractivity contribution < 1.29 is 5.11 Å². The maximum absolute atomic E-state index is 9.25.